The summed E-state index contributed by atoms with van der Waals surface area (Å²) in [5.74, 6) is 0.840. The van der Waals surface area contributed by atoms with Crippen LogP contribution in [0.2, 0.25) is 0 Å². The number of hydrogen-bond donors (Lipinski definition) is 1. The van der Waals surface area contributed by atoms with Crippen LogP contribution in [0.1, 0.15) is 12.0 Å². The van der Waals surface area contributed by atoms with Crippen LogP contribution >= 0.6 is 11.8 Å². The average Bonchev–Trinajstić information content (AvgIpc) is 2.87. The van der Waals surface area contributed by atoms with Gasteiger partial charge in [0.15, 0.2) is 5.17 Å². The first-order valence-electron chi connectivity index (χ1n) is 10.7. The SMILES string of the molecule is COc1ccc(N=C2SC(C(=O)Nc3ccccc3OC)CC(=O)N2Cc2ccccc2)cc1. The number of nitrogens with one attached hydrogen (secondary N) is 1. The van der Waals surface area contributed by atoms with Gasteiger partial charge < -0.3 is 14.8 Å². The fourth-order valence-corrected chi connectivity index (χ4v) is 4.59. The van der Waals surface area contributed by atoms with E-state index in [2.05, 4.69) is 5.32 Å². The first-order valence-corrected chi connectivity index (χ1v) is 11.6. The van der Waals surface area contributed by atoms with Gasteiger partial charge in [-0.3, -0.25) is 14.5 Å². The summed E-state index contributed by atoms with van der Waals surface area (Å²) in [7, 11) is 3.15. The van der Waals surface area contributed by atoms with Crippen LogP contribution in [0.15, 0.2) is 83.9 Å². The van der Waals surface area contributed by atoms with E-state index in [0.29, 0.717) is 34.6 Å². The highest BCUT2D eigenvalue weighted by atomic mass is 32.2. The number of carbonyl (C=O) groups is 2. The molecule has 1 aliphatic rings. The lowest BCUT2D eigenvalue weighted by molar-refractivity contribution is -0.129. The molecule has 1 aliphatic heterocycles. The Kier molecular flexibility index (Phi) is 7.49. The van der Waals surface area contributed by atoms with Gasteiger partial charge in [-0.25, -0.2) is 4.99 Å². The van der Waals surface area contributed by atoms with E-state index in [1.807, 2.05) is 66.7 Å². The molecule has 0 aromatic heterocycles. The van der Waals surface area contributed by atoms with E-state index < -0.39 is 5.25 Å². The highest BCUT2D eigenvalue weighted by Gasteiger charge is 2.36. The smallest absolute Gasteiger partial charge is 0.238 e. The van der Waals surface area contributed by atoms with Gasteiger partial charge in [0.05, 0.1) is 32.1 Å². The number of anilines is 1. The van der Waals surface area contributed by atoms with Crippen LogP contribution < -0.4 is 14.8 Å². The molecule has 34 heavy (non-hydrogen) atoms. The van der Waals surface area contributed by atoms with Gasteiger partial charge in [-0.2, -0.15) is 0 Å². The van der Waals surface area contributed by atoms with E-state index in [1.165, 1.54) is 11.8 Å². The van der Waals surface area contributed by atoms with Gasteiger partial charge in [0.1, 0.15) is 16.7 Å². The second kappa shape index (κ2) is 10.9. The summed E-state index contributed by atoms with van der Waals surface area (Å²) in [6.07, 6.45) is 0.0696. The van der Waals surface area contributed by atoms with E-state index in [-0.39, 0.29) is 18.2 Å². The number of hydrogen-bond acceptors (Lipinski definition) is 6. The molecule has 0 spiro atoms. The number of amidine groups is 1. The maximum absolute atomic E-state index is 13.2. The van der Waals surface area contributed by atoms with Crippen molar-refractivity contribution >= 4 is 40.1 Å². The van der Waals surface area contributed by atoms with Crippen LogP contribution in [-0.2, 0) is 16.1 Å². The van der Waals surface area contributed by atoms with Gasteiger partial charge in [0.25, 0.3) is 0 Å². The number of ether oxygens (including phenoxy) is 2. The minimum Gasteiger partial charge on any atom is -0.497 e. The monoisotopic (exact) mass is 475 g/mol. The Morgan fingerprint density at radius 1 is 1.00 bits per heavy atom. The molecule has 4 rings (SSSR count). The number of benzene rings is 3. The summed E-state index contributed by atoms with van der Waals surface area (Å²) in [6.45, 7) is 0.377. The number of methoxy groups -OCH3 is 2. The van der Waals surface area contributed by atoms with E-state index in [1.54, 1.807) is 31.3 Å². The molecule has 0 bridgehead atoms. The molecule has 2 amide bonds. The third kappa shape index (κ3) is 5.58. The van der Waals surface area contributed by atoms with Crippen molar-refractivity contribution in [1.82, 2.24) is 4.90 Å². The number of amides is 2. The molecule has 1 fully saturated rings. The molecular weight excluding hydrogens is 450 g/mol. The van der Waals surface area contributed by atoms with Crippen molar-refractivity contribution in [3.8, 4) is 11.5 Å². The molecule has 3 aromatic rings. The summed E-state index contributed by atoms with van der Waals surface area (Å²) in [4.78, 5) is 32.7. The first kappa shape index (κ1) is 23.4. The maximum Gasteiger partial charge on any atom is 0.238 e. The number of nitrogens with zero attached hydrogens (tertiary/aromatic N) is 2. The Balaban J connectivity index is 1.60. The fraction of sp³-hybridized carbons (Fsp3) is 0.192. The second-order valence-corrected chi connectivity index (χ2v) is 8.73. The van der Waals surface area contributed by atoms with E-state index >= 15 is 0 Å². The molecule has 3 aromatic carbocycles. The number of thioether (sulfide) groups is 1. The molecule has 1 unspecified atom stereocenters. The molecule has 174 valence electrons. The lowest BCUT2D eigenvalue weighted by atomic mass is 10.2. The molecule has 0 aliphatic carbocycles. The fourth-order valence-electron chi connectivity index (χ4n) is 3.49. The van der Waals surface area contributed by atoms with Crippen LogP contribution in [0.5, 0.6) is 11.5 Å². The highest BCUT2D eigenvalue weighted by molar-refractivity contribution is 8.15. The summed E-state index contributed by atoms with van der Waals surface area (Å²) >= 11 is 1.28. The molecule has 1 N–H and O–H groups in total. The Hall–Kier alpha value is -3.78. The summed E-state index contributed by atoms with van der Waals surface area (Å²) < 4.78 is 10.5. The lowest BCUT2D eigenvalue weighted by Gasteiger charge is -2.32. The van der Waals surface area contributed by atoms with Crippen LogP contribution in [0.3, 0.4) is 0 Å². The van der Waals surface area contributed by atoms with Crippen molar-refractivity contribution in [3.63, 3.8) is 0 Å². The quantitative estimate of drug-likeness (QED) is 0.528. The van der Waals surface area contributed by atoms with Crippen LogP contribution in [-0.4, -0.2) is 41.4 Å². The van der Waals surface area contributed by atoms with Crippen molar-refractivity contribution < 1.29 is 19.1 Å². The Bertz CT molecular complexity index is 1180. The van der Waals surface area contributed by atoms with Crippen molar-refractivity contribution in [2.24, 2.45) is 4.99 Å². The summed E-state index contributed by atoms with van der Waals surface area (Å²) in [6, 6.07) is 24.1. The van der Waals surface area contributed by atoms with Gasteiger partial charge >= 0.3 is 0 Å². The molecular formula is C26H25N3O4S. The largest absolute Gasteiger partial charge is 0.497 e. The van der Waals surface area contributed by atoms with Crippen molar-refractivity contribution in [2.45, 2.75) is 18.2 Å². The molecule has 8 heteroatoms. The second-order valence-electron chi connectivity index (χ2n) is 7.56. The predicted molar refractivity (Wildman–Crippen MR) is 135 cm³/mol. The zero-order chi connectivity index (χ0) is 23.9. The Morgan fingerprint density at radius 2 is 1.71 bits per heavy atom. The normalized spacial score (nSPS) is 16.9. The number of para-hydroxylation sites is 2. The lowest BCUT2D eigenvalue weighted by Crippen LogP contribution is -2.44. The minimum atomic E-state index is -0.624. The van der Waals surface area contributed by atoms with E-state index in [0.717, 1.165) is 5.56 Å². The average molecular weight is 476 g/mol. The zero-order valence-electron chi connectivity index (χ0n) is 18.9. The van der Waals surface area contributed by atoms with Crippen molar-refractivity contribution in [3.05, 3.63) is 84.4 Å². The molecule has 1 saturated heterocycles. The van der Waals surface area contributed by atoms with E-state index in [4.69, 9.17) is 14.5 Å². The molecule has 7 nitrogen and oxygen atoms in total. The van der Waals surface area contributed by atoms with Gasteiger partial charge in [0.2, 0.25) is 11.8 Å². The van der Waals surface area contributed by atoms with Gasteiger partial charge in [0, 0.05) is 6.42 Å². The standard InChI is InChI=1S/C26H25N3O4S/c1-32-20-14-12-19(13-15-20)27-26-29(17-18-8-4-3-5-9-18)24(30)16-23(34-26)25(31)28-21-10-6-7-11-22(21)33-2/h3-15,23H,16-17H2,1-2H3,(H,28,31). The third-order valence-electron chi connectivity index (χ3n) is 5.28. The van der Waals surface area contributed by atoms with Crippen LogP contribution in [0.25, 0.3) is 0 Å². The number of carbonyl (C=O) groups excluding carboxylic acids is 2. The predicted octanol–water partition coefficient (Wildman–Crippen LogP) is 4.86. The molecule has 0 radical (unpaired) electrons. The summed E-state index contributed by atoms with van der Waals surface area (Å²) in [5.41, 5.74) is 2.21. The summed E-state index contributed by atoms with van der Waals surface area (Å²) in [5, 5.41) is 2.74. The Labute approximate surface area is 202 Å². The number of aliphatic imine (C=N–C) groups is 1. The molecule has 1 heterocycles. The van der Waals surface area contributed by atoms with Crippen molar-refractivity contribution in [2.75, 3.05) is 19.5 Å². The third-order valence-corrected chi connectivity index (χ3v) is 6.47. The topological polar surface area (TPSA) is 80.2 Å². The van der Waals surface area contributed by atoms with Gasteiger partial charge in [-0.05, 0) is 42.0 Å². The first-order chi connectivity index (χ1) is 16.6. The van der Waals surface area contributed by atoms with Crippen molar-refractivity contribution in [1.29, 1.82) is 0 Å². The highest BCUT2D eigenvalue weighted by Crippen LogP contribution is 2.32. The van der Waals surface area contributed by atoms with Gasteiger partial charge in [-0.15, -0.1) is 0 Å². The van der Waals surface area contributed by atoms with Crippen LogP contribution in [0, 0.1) is 0 Å². The maximum atomic E-state index is 13.2. The minimum absolute atomic E-state index is 0.0696. The van der Waals surface area contributed by atoms with Gasteiger partial charge in [-0.1, -0.05) is 54.2 Å². The van der Waals surface area contributed by atoms with Crippen LogP contribution in [0.4, 0.5) is 11.4 Å². The molecule has 1 atom stereocenters. The molecule has 0 saturated carbocycles. The zero-order valence-corrected chi connectivity index (χ0v) is 19.7. The number of rotatable bonds is 7. The Morgan fingerprint density at radius 3 is 2.41 bits per heavy atom. The van der Waals surface area contributed by atoms with E-state index in [9.17, 15) is 9.59 Å².